The van der Waals surface area contributed by atoms with E-state index < -0.39 is 0 Å². The van der Waals surface area contributed by atoms with E-state index in [4.69, 9.17) is 0 Å². The normalized spacial score (nSPS) is 17.6. The summed E-state index contributed by atoms with van der Waals surface area (Å²) in [6.07, 6.45) is 2.93. The van der Waals surface area contributed by atoms with Crippen molar-refractivity contribution in [3.8, 4) is 0 Å². The maximum Gasteiger partial charge on any atom is 0.152 e. The summed E-state index contributed by atoms with van der Waals surface area (Å²) in [6, 6.07) is 8.13. The highest BCUT2D eigenvalue weighted by molar-refractivity contribution is 5.97. The molecular formula is C16H21N3O. The maximum atomic E-state index is 11.1. The van der Waals surface area contributed by atoms with Gasteiger partial charge < -0.3 is 9.47 Å². The first-order valence-electron chi connectivity index (χ1n) is 7.22. The zero-order valence-electron chi connectivity index (χ0n) is 12.0. The first-order valence-corrected chi connectivity index (χ1v) is 7.22. The van der Waals surface area contributed by atoms with E-state index in [1.165, 1.54) is 0 Å². The lowest BCUT2D eigenvalue weighted by Crippen LogP contribution is -2.45. The molecule has 0 radical (unpaired) electrons. The van der Waals surface area contributed by atoms with Gasteiger partial charge in [-0.1, -0.05) is 18.2 Å². The van der Waals surface area contributed by atoms with Crippen molar-refractivity contribution in [2.24, 2.45) is 0 Å². The Balaban J connectivity index is 1.73. The summed E-state index contributed by atoms with van der Waals surface area (Å²) in [4.78, 5) is 16.0. The number of aromatic nitrogens is 1. The zero-order valence-corrected chi connectivity index (χ0v) is 12.0. The Labute approximate surface area is 119 Å². The molecule has 4 nitrogen and oxygen atoms in total. The van der Waals surface area contributed by atoms with Gasteiger partial charge in [0.05, 0.1) is 0 Å². The van der Waals surface area contributed by atoms with Crippen molar-refractivity contribution in [1.29, 1.82) is 0 Å². The van der Waals surface area contributed by atoms with Gasteiger partial charge in [-0.25, -0.2) is 0 Å². The van der Waals surface area contributed by atoms with Gasteiger partial charge in [0.2, 0.25) is 0 Å². The number of aldehydes is 1. The molecule has 2 heterocycles. The number of rotatable bonds is 4. The number of likely N-dealkylation sites (N-methyl/N-ethyl adjacent to an activating group) is 1. The summed E-state index contributed by atoms with van der Waals surface area (Å²) in [5.74, 6) is 0. The van der Waals surface area contributed by atoms with Crippen LogP contribution in [0.25, 0.3) is 10.9 Å². The smallest absolute Gasteiger partial charge is 0.152 e. The van der Waals surface area contributed by atoms with Crippen LogP contribution in [0.2, 0.25) is 0 Å². The lowest BCUT2D eigenvalue weighted by molar-refractivity contribution is 0.112. The number of benzene rings is 1. The number of carbonyl (C=O) groups excluding carboxylic acids is 1. The summed E-state index contributed by atoms with van der Waals surface area (Å²) >= 11 is 0. The van der Waals surface area contributed by atoms with Crippen LogP contribution >= 0.6 is 0 Å². The fourth-order valence-corrected chi connectivity index (χ4v) is 2.87. The number of fused-ring (bicyclic) bond motifs is 1. The molecule has 1 fully saturated rings. The van der Waals surface area contributed by atoms with E-state index in [2.05, 4.69) is 27.5 Å². The van der Waals surface area contributed by atoms with Gasteiger partial charge in [-0.15, -0.1) is 0 Å². The molecule has 1 aromatic carbocycles. The predicted octanol–water partition coefficient (Wildman–Crippen LogP) is 1.70. The van der Waals surface area contributed by atoms with E-state index in [0.717, 1.165) is 62.0 Å². The standard InChI is InChI=1S/C16H21N3O/c1-17-6-8-18(9-7-17)10-11-19-12-14(13-20)15-4-2-3-5-16(15)19/h2-5,12-13H,6-11H2,1H3. The second-order valence-corrected chi connectivity index (χ2v) is 5.56. The summed E-state index contributed by atoms with van der Waals surface area (Å²) in [5.41, 5.74) is 1.95. The van der Waals surface area contributed by atoms with Crippen molar-refractivity contribution in [1.82, 2.24) is 14.4 Å². The monoisotopic (exact) mass is 271 g/mol. The maximum absolute atomic E-state index is 11.1. The number of carbonyl (C=O) groups is 1. The minimum atomic E-state index is 0.791. The SMILES string of the molecule is CN1CCN(CCn2cc(C=O)c3ccccc32)CC1. The Morgan fingerprint density at radius 2 is 1.85 bits per heavy atom. The van der Waals surface area contributed by atoms with Crippen LogP contribution in [-0.2, 0) is 6.54 Å². The molecule has 3 rings (SSSR count). The largest absolute Gasteiger partial charge is 0.345 e. The molecule has 106 valence electrons. The molecule has 1 aromatic heterocycles. The van der Waals surface area contributed by atoms with Crippen molar-refractivity contribution in [2.75, 3.05) is 39.8 Å². The first-order chi connectivity index (χ1) is 9.78. The fraction of sp³-hybridized carbons (Fsp3) is 0.438. The second kappa shape index (κ2) is 5.77. The first kappa shape index (κ1) is 13.3. The molecule has 0 N–H and O–H groups in total. The highest BCUT2D eigenvalue weighted by Crippen LogP contribution is 2.19. The molecule has 0 spiro atoms. The van der Waals surface area contributed by atoms with E-state index in [1.807, 2.05) is 24.4 Å². The number of para-hydroxylation sites is 1. The van der Waals surface area contributed by atoms with Crippen molar-refractivity contribution in [2.45, 2.75) is 6.54 Å². The summed E-state index contributed by atoms with van der Waals surface area (Å²) in [7, 11) is 2.17. The molecule has 4 heteroatoms. The van der Waals surface area contributed by atoms with Crippen LogP contribution in [0.3, 0.4) is 0 Å². The molecule has 0 aliphatic carbocycles. The summed E-state index contributed by atoms with van der Waals surface area (Å²) < 4.78 is 2.21. The van der Waals surface area contributed by atoms with Crippen LogP contribution in [0, 0.1) is 0 Å². The number of nitrogens with zero attached hydrogens (tertiary/aromatic N) is 3. The quantitative estimate of drug-likeness (QED) is 0.793. The van der Waals surface area contributed by atoms with Crippen LogP contribution < -0.4 is 0 Å². The molecule has 0 atom stereocenters. The van der Waals surface area contributed by atoms with E-state index in [0.29, 0.717) is 0 Å². The van der Waals surface area contributed by atoms with Gasteiger partial charge in [0.15, 0.2) is 6.29 Å². The van der Waals surface area contributed by atoms with Crippen molar-refractivity contribution >= 4 is 17.2 Å². The van der Waals surface area contributed by atoms with Gasteiger partial charge >= 0.3 is 0 Å². The number of hydrogen-bond donors (Lipinski definition) is 0. The number of piperazine rings is 1. The van der Waals surface area contributed by atoms with Crippen molar-refractivity contribution in [3.63, 3.8) is 0 Å². The Hall–Kier alpha value is -1.65. The van der Waals surface area contributed by atoms with Crippen molar-refractivity contribution in [3.05, 3.63) is 36.0 Å². The highest BCUT2D eigenvalue weighted by Gasteiger charge is 2.14. The lowest BCUT2D eigenvalue weighted by atomic mass is 10.2. The molecule has 0 saturated carbocycles. The third kappa shape index (κ3) is 2.62. The van der Waals surface area contributed by atoms with E-state index in [-0.39, 0.29) is 0 Å². The molecule has 0 unspecified atom stereocenters. The van der Waals surface area contributed by atoms with Crippen LogP contribution in [0.5, 0.6) is 0 Å². The van der Waals surface area contributed by atoms with Crippen LogP contribution in [-0.4, -0.2) is 60.4 Å². The van der Waals surface area contributed by atoms with Gasteiger partial charge in [-0.05, 0) is 13.1 Å². The Morgan fingerprint density at radius 3 is 2.60 bits per heavy atom. The average Bonchev–Trinajstić information content (AvgIpc) is 2.85. The average molecular weight is 271 g/mol. The number of hydrogen-bond acceptors (Lipinski definition) is 3. The van der Waals surface area contributed by atoms with Crippen molar-refractivity contribution < 1.29 is 4.79 Å². The van der Waals surface area contributed by atoms with Gasteiger partial charge in [0.1, 0.15) is 0 Å². The second-order valence-electron chi connectivity index (χ2n) is 5.56. The van der Waals surface area contributed by atoms with E-state index in [9.17, 15) is 4.79 Å². The molecule has 20 heavy (non-hydrogen) atoms. The molecule has 1 saturated heterocycles. The molecule has 1 aliphatic heterocycles. The van der Waals surface area contributed by atoms with Gasteiger partial charge in [-0.3, -0.25) is 9.69 Å². The molecule has 0 amide bonds. The van der Waals surface area contributed by atoms with E-state index in [1.54, 1.807) is 0 Å². The molecule has 2 aromatic rings. The Kier molecular flexibility index (Phi) is 3.85. The molecular weight excluding hydrogens is 250 g/mol. The van der Waals surface area contributed by atoms with Gasteiger partial charge in [-0.2, -0.15) is 0 Å². The Bertz CT molecular complexity index is 597. The molecule has 0 bridgehead atoms. The van der Waals surface area contributed by atoms with Crippen LogP contribution in [0.15, 0.2) is 30.5 Å². The van der Waals surface area contributed by atoms with Crippen LogP contribution in [0.1, 0.15) is 10.4 Å². The zero-order chi connectivity index (χ0) is 13.9. The third-order valence-electron chi connectivity index (χ3n) is 4.20. The summed E-state index contributed by atoms with van der Waals surface area (Å²) in [6.45, 7) is 6.55. The Morgan fingerprint density at radius 1 is 1.10 bits per heavy atom. The topological polar surface area (TPSA) is 28.5 Å². The summed E-state index contributed by atoms with van der Waals surface area (Å²) in [5, 5.41) is 1.06. The minimum absolute atomic E-state index is 0.791. The molecule has 1 aliphatic rings. The fourth-order valence-electron chi connectivity index (χ4n) is 2.87. The minimum Gasteiger partial charge on any atom is -0.345 e. The van der Waals surface area contributed by atoms with Crippen LogP contribution in [0.4, 0.5) is 0 Å². The van der Waals surface area contributed by atoms with Gasteiger partial charge in [0.25, 0.3) is 0 Å². The predicted molar refractivity (Wildman–Crippen MR) is 81.3 cm³/mol. The van der Waals surface area contributed by atoms with E-state index >= 15 is 0 Å². The highest BCUT2D eigenvalue weighted by atomic mass is 16.1. The van der Waals surface area contributed by atoms with Gasteiger partial charge in [0, 0.05) is 61.9 Å². The lowest BCUT2D eigenvalue weighted by Gasteiger charge is -2.32. The third-order valence-corrected chi connectivity index (χ3v) is 4.20.